The minimum absolute atomic E-state index is 0.313. The third-order valence-electron chi connectivity index (χ3n) is 4.09. The molecule has 3 rings (SSSR count). The Morgan fingerprint density at radius 1 is 1.35 bits per heavy atom. The molecular weight excluding hydrogens is 212 g/mol. The SMILES string of the molecule is CC1CC(=O)N(Cc2ccc(N)cc2)C2CC12. The van der Waals surface area contributed by atoms with E-state index in [9.17, 15) is 4.79 Å². The van der Waals surface area contributed by atoms with Crippen molar-refractivity contribution >= 4 is 11.6 Å². The fourth-order valence-electron chi connectivity index (χ4n) is 2.92. The lowest BCUT2D eigenvalue weighted by molar-refractivity contribution is -0.135. The Balaban J connectivity index is 1.73. The number of rotatable bonds is 2. The number of benzene rings is 1. The molecule has 1 aromatic rings. The number of nitrogen functional groups attached to an aromatic ring is 1. The van der Waals surface area contributed by atoms with Gasteiger partial charge >= 0.3 is 0 Å². The molecule has 17 heavy (non-hydrogen) atoms. The molecule has 1 heterocycles. The van der Waals surface area contributed by atoms with Crippen molar-refractivity contribution in [2.24, 2.45) is 11.8 Å². The highest BCUT2D eigenvalue weighted by Gasteiger charge is 2.50. The van der Waals surface area contributed by atoms with Crippen molar-refractivity contribution in [3.05, 3.63) is 29.8 Å². The van der Waals surface area contributed by atoms with Crippen LogP contribution in [0, 0.1) is 11.8 Å². The predicted octanol–water partition coefficient (Wildman–Crippen LogP) is 2.03. The third kappa shape index (κ3) is 1.90. The quantitative estimate of drug-likeness (QED) is 0.790. The Bertz CT molecular complexity index is 440. The number of hydrogen-bond donors (Lipinski definition) is 1. The maximum absolute atomic E-state index is 12.0. The molecule has 90 valence electrons. The van der Waals surface area contributed by atoms with Crippen LogP contribution < -0.4 is 5.73 Å². The first-order valence-electron chi connectivity index (χ1n) is 6.29. The first-order chi connectivity index (χ1) is 8.15. The smallest absolute Gasteiger partial charge is 0.223 e. The summed E-state index contributed by atoms with van der Waals surface area (Å²) >= 11 is 0. The van der Waals surface area contributed by atoms with Gasteiger partial charge in [-0.1, -0.05) is 19.1 Å². The molecule has 2 aliphatic rings. The number of piperidine rings is 1. The summed E-state index contributed by atoms with van der Waals surface area (Å²) in [5.74, 6) is 1.64. The zero-order chi connectivity index (χ0) is 12.0. The molecule has 0 spiro atoms. The van der Waals surface area contributed by atoms with Crippen LogP contribution >= 0.6 is 0 Å². The van der Waals surface area contributed by atoms with Gasteiger partial charge in [0.2, 0.25) is 5.91 Å². The lowest BCUT2D eigenvalue weighted by atomic mass is 9.97. The average molecular weight is 230 g/mol. The lowest BCUT2D eigenvalue weighted by Gasteiger charge is -2.29. The topological polar surface area (TPSA) is 46.3 Å². The van der Waals surface area contributed by atoms with Gasteiger partial charge in [-0.3, -0.25) is 4.79 Å². The van der Waals surface area contributed by atoms with E-state index in [2.05, 4.69) is 11.8 Å². The number of carbonyl (C=O) groups is 1. The second kappa shape index (κ2) is 3.76. The molecule has 0 aromatic heterocycles. The molecule has 1 amide bonds. The lowest BCUT2D eigenvalue weighted by Crippen LogP contribution is -2.39. The molecule has 1 saturated carbocycles. The van der Waals surface area contributed by atoms with Crippen molar-refractivity contribution in [2.75, 3.05) is 5.73 Å². The average Bonchev–Trinajstić information content (AvgIpc) is 3.07. The summed E-state index contributed by atoms with van der Waals surface area (Å²) in [5, 5.41) is 0. The number of fused-ring (bicyclic) bond motifs is 1. The molecule has 1 aliphatic carbocycles. The van der Waals surface area contributed by atoms with Crippen LogP contribution in [0.25, 0.3) is 0 Å². The van der Waals surface area contributed by atoms with Gasteiger partial charge in [-0.25, -0.2) is 0 Å². The molecule has 2 fully saturated rings. The van der Waals surface area contributed by atoms with E-state index in [1.165, 1.54) is 12.0 Å². The van der Waals surface area contributed by atoms with Gasteiger partial charge in [-0.15, -0.1) is 0 Å². The van der Waals surface area contributed by atoms with Gasteiger partial charge < -0.3 is 10.6 Å². The molecular formula is C14H18N2O. The molecule has 2 N–H and O–H groups in total. The number of nitrogens with two attached hydrogens (primary N) is 1. The summed E-state index contributed by atoms with van der Waals surface area (Å²) < 4.78 is 0. The van der Waals surface area contributed by atoms with Crippen LogP contribution in [0.4, 0.5) is 5.69 Å². The molecule has 3 nitrogen and oxygen atoms in total. The highest BCUT2D eigenvalue weighted by Crippen LogP contribution is 2.47. The van der Waals surface area contributed by atoms with Gasteiger partial charge in [0, 0.05) is 24.7 Å². The van der Waals surface area contributed by atoms with E-state index >= 15 is 0 Å². The number of hydrogen-bond acceptors (Lipinski definition) is 2. The Kier molecular flexibility index (Phi) is 2.35. The first-order valence-corrected chi connectivity index (χ1v) is 6.29. The van der Waals surface area contributed by atoms with Crippen molar-refractivity contribution in [2.45, 2.75) is 32.4 Å². The molecule has 1 saturated heterocycles. The highest BCUT2D eigenvalue weighted by molar-refractivity contribution is 5.78. The molecule has 1 aliphatic heterocycles. The minimum atomic E-state index is 0.313. The predicted molar refractivity (Wildman–Crippen MR) is 67.1 cm³/mol. The summed E-state index contributed by atoms with van der Waals surface area (Å²) in [5.41, 5.74) is 7.61. The summed E-state index contributed by atoms with van der Waals surface area (Å²) in [6, 6.07) is 8.33. The number of amides is 1. The van der Waals surface area contributed by atoms with Crippen LogP contribution in [0.1, 0.15) is 25.3 Å². The Morgan fingerprint density at radius 2 is 2.06 bits per heavy atom. The maximum Gasteiger partial charge on any atom is 0.223 e. The molecule has 1 aromatic carbocycles. The van der Waals surface area contributed by atoms with E-state index in [1.54, 1.807) is 0 Å². The Labute approximate surface area is 102 Å². The largest absolute Gasteiger partial charge is 0.399 e. The van der Waals surface area contributed by atoms with Crippen molar-refractivity contribution in [3.8, 4) is 0 Å². The van der Waals surface area contributed by atoms with Crippen molar-refractivity contribution < 1.29 is 4.79 Å². The van der Waals surface area contributed by atoms with E-state index in [1.807, 2.05) is 24.3 Å². The van der Waals surface area contributed by atoms with Crippen molar-refractivity contribution in [3.63, 3.8) is 0 Å². The second-order valence-electron chi connectivity index (χ2n) is 5.41. The minimum Gasteiger partial charge on any atom is -0.399 e. The van der Waals surface area contributed by atoms with Gasteiger partial charge in [0.1, 0.15) is 0 Å². The molecule has 0 bridgehead atoms. The molecule has 0 radical (unpaired) electrons. The number of anilines is 1. The van der Waals surface area contributed by atoms with Gasteiger partial charge in [0.05, 0.1) is 0 Å². The summed E-state index contributed by atoms with van der Waals surface area (Å²) in [6.07, 6.45) is 1.91. The molecule has 3 unspecified atom stereocenters. The van der Waals surface area contributed by atoms with Gasteiger partial charge in [-0.2, -0.15) is 0 Å². The zero-order valence-electron chi connectivity index (χ0n) is 10.1. The van der Waals surface area contributed by atoms with E-state index in [-0.39, 0.29) is 0 Å². The van der Waals surface area contributed by atoms with E-state index < -0.39 is 0 Å². The maximum atomic E-state index is 12.0. The van der Waals surface area contributed by atoms with E-state index in [0.717, 1.165) is 24.6 Å². The van der Waals surface area contributed by atoms with E-state index in [4.69, 9.17) is 5.73 Å². The second-order valence-corrected chi connectivity index (χ2v) is 5.41. The standard InChI is InChI=1S/C14H18N2O/c1-9-6-14(17)16(13-7-12(9)13)8-10-2-4-11(15)5-3-10/h2-5,9,12-13H,6-8,15H2,1H3. The van der Waals surface area contributed by atoms with Crippen molar-refractivity contribution in [1.82, 2.24) is 4.90 Å². The number of likely N-dealkylation sites (tertiary alicyclic amines) is 1. The molecule has 3 heteroatoms. The Hall–Kier alpha value is -1.51. The van der Waals surface area contributed by atoms with Crippen LogP contribution in [-0.2, 0) is 11.3 Å². The van der Waals surface area contributed by atoms with Crippen LogP contribution in [-0.4, -0.2) is 16.8 Å². The summed E-state index contributed by atoms with van der Waals surface area (Å²) in [4.78, 5) is 14.1. The van der Waals surface area contributed by atoms with E-state index in [0.29, 0.717) is 17.9 Å². The van der Waals surface area contributed by atoms with Crippen LogP contribution in [0.15, 0.2) is 24.3 Å². The van der Waals surface area contributed by atoms with Crippen LogP contribution in [0.5, 0.6) is 0 Å². The van der Waals surface area contributed by atoms with Gasteiger partial charge in [-0.05, 0) is 36.0 Å². The monoisotopic (exact) mass is 230 g/mol. The number of nitrogens with zero attached hydrogens (tertiary/aromatic N) is 1. The normalized spacial score (nSPS) is 31.2. The summed E-state index contributed by atoms with van der Waals surface area (Å²) in [7, 11) is 0. The zero-order valence-corrected chi connectivity index (χ0v) is 10.1. The van der Waals surface area contributed by atoms with Crippen molar-refractivity contribution in [1.29, 1.82) is 0 Å². The van der Waals surface area contributed by atoms with Crippen LogP contribution in [0.2, 0.25) is 0 Å². The molecule has 3 atom stereocenters. The number of carbonyl (C=O) groups excluding carboxylic acids is 1. The fourth-order valence-corrected chi connectivity index (χ4v) is 2.92. The van der Waals surface area contributed by atoms with Crippen LogP contribution in [0.3, 0.4) is 0 Å². The fraction of sp³-hybridized carbons (Fsp3) is 0.500. The first kappa shape index (κ1) is 10.6. The highest BCUT2D eigenvalue weighted by atomic mass is 16.2. The van der Waals surface area contributed by atoms with Gasteiger partial charge in [0.25, 0.3) is 0 Å². The third-order valence-corrected chi connectivity index (χ3v) is 4.09. The Morgan fingerprint density at radius 3 is 2.76 bits per heavy atom. The summed E-state index contributed by atoms with van der Waals surface area (Å²) in [6.45, 7) is 2.94. The van der Waals surface area contributed by atoms with Gasteiger partial charge in [0.15, 0.2) is 0 Å².